The highest BCUT2D eigenvalue weighted by molar-refractivity contribution is 5.98. The fourth-order valence-electron chi connectivity index (χ4n) is 2.86. The van der Waals surface area contributed by atoms with Crippen molar-refractivity contribution in [3.8, 4) is 11.5 Å². The quantitative estimate of drug-likeness (QED) is 0.922. The second-order valence-electron chi connectivity index (χ2n) is 6.09. The van der Waals surface area contributed by atoms with E-state index in [-0.39, 0.29) is 19.1 Å². The summed E-state index contributed by atoms with van der Waals surface area (Å²) in [5, 5.41) is 0. The predicted octanol–water partition coefficient (Wildman–Crippen LogP) is 1.96. The van der Waals surface area contributed by atoms with Crippen molar-refractivity contribution in [1.29, 1.82) is 0 Å². The Morgan fingerprint density at radius 3 is 2.56 bits per heavy atom. The van der Waals surface area contributed by atoms with Crippen LogP contribution in [0.1, 0.15) is 11.1 Å². The molecule has 6 nitrogen and oxygen atoms in total. The van der Waals surface area contributed by atoms with E-state index < -0.39 is 12.0 Å². The average molecular weight is 340 g/mol. The van der Waals surface area contributed by atoms with Crippen molar-refractivity contribution in [3.63, 3.8) is 0 Å². The van der Waals surface area contributed by atoms with E-state index in [1.165, 1.54) is 4.90 Å². The minimum atomic E-state index is -0.875. The van der Waals surface area contributed by atoms with Gasteiger partial charge in [0, 0.05) is 0 Å². The number of nitrogens with zero attached hydrogens (tertiary/aromatic N) is 1. The topological polar surface area (TPSA) is 81.9 Å². The Kier molecular flexibility index (Phi) is 4.61. The molecule has 0 spiro atoms. The Hall–Kier alpha value is -3.02. The molecule has 2 amide bonds. The molecule has 0 aromatic heterocycles. The molecule has 2 aromatic rings. The number of carbonyl (C=O) groups is 2. The van der Waals surface area contributed by atoms with Gasteiger partial charge in [0.05, 0.1) is 12.2 Å². The number of hydrogen-bond donors (Lipinski definition) is 1. The Balaban J connectivity index is 1.77. The normalized spacial score (nSPS) is 15.9. The van der Waals surface area contributed by atoms with Crippen molar-refractivity contribution >= 4 is 17.5 Å². The summed E-state index contributed by atoms with van der Waals surface area (Å²) in [7, 11) is 0. The van der Waals surface area contributed by atoms with E-state index in [0.29, 0.717) is 17.2 Å². The number of benzene rings is 2. The largest absolute Gasteiger partial charge is 0.484 e. The Bertz CT molecular complexity index is 799. The molecule has 25 heavy (non-hydrogen) atoms. The zero-order chi connectivity index (χ0) is 18.0. The first-order chi connectivity index (χ1) is 11.9. The first-order valence-electron chi connectivity index (χ1n) is 8.00. The van der Waals surface area contributed by atoms with E-state index in [0.717, 1.165) is 11.1 Å². The minimum Gasteiger partial charge on any atom is -0.484 e. The molecule has 130 valence electrons. The van der Waals surface area contributed by atoms with Crippen LogP contribution in [0, 0.1) is 13.8 Å². The van der Waals surface area contributed by atoms with Crippen molar-refractivity contribution in [1.82, 2.24) is 0 Å². The molecule has 1 atom stereocenters. The molecule has 0 bridgehead atoms. The van der Waals surface area contributed by atoms with E-state index in [9.17, 15) is 9.59 Å². The van der Waals surface area contributed by atoms with Crippen LogP contribution in [0.15, 0.2) is 42.5 Å². The molecule has 0 aliphatic carbocycles. The summed E-state index contributed by atoms with van der Waals surface area (Å²) in [4.78, 5) is 25.7. The lowest BCUT2D eigenvalue weighted by molar-refractivity contribution is -0.125. The highest BCUT2D eigenvalue weighted by Crippen LogP contribution is 2.33. The van der Waals surface area contributed by atoms with Crippen LogP contribution in [0.25, 0.3) is 0 Å². The fourth-order valence-corrected chi connectivity index (χ4v) is 2.86. The summed E-state index contributed by atoms with van der Waals surface area (Å²) >= 11 is 0. The lowest BCUT2D eigenvalue weighted by Gasteiger charge is -2.33. The van der Waals surface area contributed by atoms with Crippen molar-refractivity contribution < 1.29 is 19.1 Å². The average Bonchev–Trinajstić information content (AvgIpc) is 2.57. The van der Waals surface area contributed by atoms with Gasteiger partial charge in [-0.2, -0.15) is 0 Å². The summed E-state index contributed by atoms with van der Waals surface area (Å²) in [5.74, 6) is 0.222. The molecule has 0 saturated heterocycles. The molecular formula is C19H20N2O4. The number of rotatable bonds is 4. The number of primary amides is 1. The number of amides is 2. The number of aryl methyl sites for hydroxylation is 2. The van der Waals surface area contributed by atoms with Crippen LogP contribution in [-0.4, -0.2) is 31.1 Å². The second kappa shape index (κ2) is 6.84. The maximum Gasteiger partial charge on any atom is 0.265 e. The molecule has 0 saturated carbocycles. The van der Waals surface area contributed by atoms with E-state index in [2.05, 4.69) is 0 Å². The monoisotopic (exact) mass is 340 g/mol. The second-order valence-corrected chi connectivity index (χ2v) is 6.09. The zero-order valence-electron chi connectivity index (χ0n) is 14.2. The molecule has 1 aliphatic heterocycles. The van der Waals surface area contributed by atoms with Gasteiger partial charge in [-0.15, -0.1) is 0 Å². The third kappa shape index (κ3) is 3.74. The van der Waals surface area contributed by atoms with Crippen LogP contribution in [0.4, 0.5) is 5.69 Å². The SMILES string of the molecule is Cc1cc(C)cc(OCC(=O)N2C[C@H](C(N)=O)Oc3ccccc32)c1. The maximum atomic E-state index is 12.7. The summed E-state index contributed by atoms with van der Waals surface area (Å²) < 4.78 is 11.2. The minimum absolute atomic E-state index is 0.0708. The van der Waals surface area contributed by atoms with Crippen LogP contribution in [0.3, 0.4) is 0 Å². The van der Waals surface area contributed by atoms with Crippen molar-refractivity contribution in [2.75, 3.05) is 18.1 Å². The molecular weight excluding hydrogens is 320 g/mol. The molecule has 2 N–H and O–H groups in total. The summed E-state index contributed by atoms with van der Waals surface area (Å²) in [6, 6.07) is 12.8. The van der Waals surface area contributed by atoms with Gasteiger partial charge in [0.25, 0.3) is 11.8 Å². The van der Waals surface area contributed by atoms with Crippen LogP contribution in [0.5, 0.6) is 11.5 Å². The standard InChI is InChI=1S/C19H20N2O4/c1-12-7-13(2)9-14(8-12)24-11-18(22)21-10-17(19(20)23)25-16-6-4-3-5-15(16)21/h3-9,17H,10-11H2,1-2H3,(H2,20,23)/t17-/m1/s1. The van der Waals surface area contributed by atoms with Crippen LogP contribution < -0.4 is 20.1 Å². The van der Waals surface area contributed by atoms with Crippen molar-refractivity contribution in [3.05, 3.63) is 53.6 Å². The molecule has 0 radical (unpaired) electrons. The van der Waals surface area contributed by atoms with Crippen molar-refractivity contribution in [2.24, 2.45) is 5.73 Å². The Morgan fingerprint density at radius 2 is 1.88 bits per heavy atom. The first-order valence-corrected chi connectivity index (χ1v) is 8.00. The number of carbonyl (C=O) groups excluding carboxylic acids is 2. The van der Waals surface area contributed by atoms with Gasteiger partial charge < -0.3 is 20.1 Å². The van der Waals surface area contributed by atoms with E-state index in [4.69, 9.17) is 15.2 Å². The molecule has 0 unspecified atom stereocenters. The van der Waals surface area contributed by atoms with Crippen LogP contribution in [0.2, 0.25) is 0 Å². The van der Waals surface area contributed by atoms with Crippen LogP contribution in [-0.2, 0) is 9.59 Å². The molecule has 1 heterocycles. The molecule has 6 heteroatoms. The molecule has 2 aromatic carbocycles. The predicted molar refractivity (Wildman–Crippen MR) is 93.8 cm³/mol. The number of anilines is 1. The van der Waals surface area contributed by atoms with E-state index >= 15 is 0 Å². The number of hydrogen-bond acceptors (Lipinski definition) is 4. The fraction of sp³-hybridized carbons (Fsp3) is 0.263. The number of para-hydroxylation sites is 2. The lowest BCUT2D eigenvalue weighted by atomic mass is 10.1. The zero-order valence-corrected chi connectivity index (χ0v) is 14.2. The highest BCUT2D eigenvalue weighted by atomic mass is 16.5. The highest BCUT2D eigenvalue weighted by Gasteiger charge is 2.32. The van der Waals surface area contributed by atoms with Crippen molar-refractivity contribution in [2.45, 2.75) is 20.0 Å². The van der Waals surface area contributed by atoms with Gasteiger partial charge in [0.15, 0.2) is 12.7 Å². The van der Waals surface area contributed by atoms with Gasteiger partial charge in [0.1, 0.15) is 11.5 Å². The summed E-state index contributed by atoms with van der Waals surface area (Å²) in [6.45, 7) is 3.87. The van der Waals surface area contributed by atoms with Gasteiger partial charge in [-0.3, -0.25) is 9.59 Å². The van der Waals surface area contributed by atoms with Gasteiger partial charge >= 0.3 is 0 Å². The van der Waals surface area contributed by atoms with Gasteiger partial charge in [-0.05, 0) is 49.2 Å². The summed E-state index contributed by atoms with van der Waals surface area (Å²) in [6.07, 6.45) is -0.875. The van der Waals surface area contributed by atoms with Gasteiger partial charge in [0.2, 0.25) is 0 Å². The number of nitrogens with two attached hydrogens (primary N) is 1. The number of fused-ring (bicyclic) bond motifs is 1. The Morgan fingerprint density at radius 1 is 1.20 bits per heavy atom. The van der Waals surface area contributed by atoms with Gasteiger partial charge in [-0.1, -0.05) is 18.2 Å². The maximum absolute atomic E-state index is 12.7. The summed E-state index contributed by atoms with van der Waals surface area (Å²) in [5.41, 5.74) is 8.08. The molecule has 1 aliphatic rings. The molecule has 3 rings (SSSR count). The first kappa shape index (κ1) is 16.8. The third-order valence-electron chi connectivity index (χ3n) is 3.95. The number of ether oxygens (including phenoxy) is 2. The smallest absolute Gasteiger partial charge is 0.265 e. The Labute approximate surface area is 146 Å². The van der Waals surface area contributed by atoms with Crippen LogP contribution >= 0.6 is 0 Å². The van der Waals surface area contributed by atoms with Gasteiger partial charge in [-0.25, -0.2) is 0 Å². The van der Waals surface area contributed by atoms with E-state index in [1.807, 2.05) is 32.0 Å². The third-order valence-corrected chi connectivity index (χ3v) is 3.95. The van der Waals surface area contributed by atoms with E-state index in [1.54, 1.807) is 24.3 Å². The molecule has 0 fully saturated rings. The lowest BCUT2D eigenvalue weighted by Crippen LogP contribution is -2.50.